The molecule has 0 aromatic heterocycles. The number of hydrogen-bond acceptors (Lipinski definition) is 9. The van der Waals surface area contributed by atoms with Crippen LogP contribution >= 0.6 is 0 Å². The lowest BCUT2D eigenvalue weighted by molar-refractivity contribution is -0.118. The molecule has 79 heavy (non-hydrogen) atoms. The Morgan fingerprint density at radius 1 is 0.570 bits per heavy atom. The van der Waals surface area contributed by atoms with Gasteiger partial charge in [-0.05, 0) is 125 Å². The molecule has 12 nitrogen and oxygen atoms in total. The quantitative estimate of drug-likeness (QED) is 0.0110. The van der Waals surface area contributed by atoms with Crippen LogP contribution in [-0.2, 0) is 35.8 Å². The number of rotatable bonds is 25. The molecule has 1 aliphatic heterocycles. The minimum Gasteiger partial charge on any atom is -0.456 e. The monoisotopic (exact) mass is 1060 g/mol. The van der Waals surface area contributed by atoms with E-state index in [1.807, 2.05) is 42.5 Å². The van der Waals surface area contributed by atoms with E-state index in [9.17, 15) is 29.7 Å². The van der Waals surface area contributed by atoms with Gasteiger partial charge >= 0.3 is 14.2 Å². The van der Waals surface area contributed by atoms with Crippen molar-refractivity contribution in [3.05, 3.63) is 209 Å². The molecule has 0 unspecified atom stereocenters. The Balaban J connectivity index is 1.29. The van der Waals surface area contributed by atoms with E-state index in [2.05, 4.69) is 143 Å². The molecule has 14 heteroatoms. The summed E-state index contributed by atoms with van der Waals surface area (Å²) in [5.41, 5.74) is 9.40. The summed E-state index contributed by atoms with van der Waals surface area (Å²) in [5, 5.41) is 53.3. The number of carbonyl (C=O) groups excluding carboxylic acids is 2. The third kappa shape index (κ3) is 14.5. The summed E-state index contributed by atoms with van der Waals surface area (Å²) >= 11 is 0. The lowest BCUT2D eigenvalue weighted by atomic mass is 9.77. The molecule has 0 spiro atoms. The molecule has 2 aliphatic rings. The standard InChI is InChI=1S/C65H71B2N5O7/c1-7-72(8-2)52-31-33-53-49(39-62(79-63(53)40-52)48-20-10-9-11-21-48)30-28-47-29-32-56-57(38-47)59(44-71(37-19-35-69-65(74)46(5)6)42-51-23-13-17-27-61(51)67(77)78)55-25-15-14-24-54(55)58(56)43-70(36-18-34-68-64(73)45(3)4)41-50-22-12-16-26-60(50)66(75)76/h9-17,20-33,38-40,75-78H,3,5,7-8,18-19,34-37,41-44H2,1-2,4,6H3,(H-,68,69,73,74)/p+1/b30-28+. The summed E-state index contributed by atoms with van der Waals surface area (Å²) in [5.74, 6) is 1.15. The number of hydrogen-bond donors (Lipinski definition) is 6. The number of amides is 2. The van der Waals surface area contributed by atoms with Crippen molar-refractivity contribution >= 4 is 70.7 Å². The number of benzene rings is 7. The van der Waals surface area contributed by atoms with Crippen molar-refractivity contribution in [3.8, 4) is 22.6 Å². The first-order valence-corrected chi connectivity index (χ1v) is 27.3. The lowest BCUT2D eigenvalue weighted by Crippen LogP contribution is -2.36. The Morgan fingerprint density at radius 3 is 1.61 bits per heavy atom. The topological polar surface area (TPSA) is 162 Å². The highest BCUT2D eigenvalue weighted by molar-refractivity contribution is 6.59. The van der Waals surface area contributed by atoms with E-state index >= 15 is 0 Å². The van der Waals surface area contributed by atoms with Gasteiger partial charge in [0.2, 0.25) is 17.2 Å². The molecule has 0 radical (unpaired) electrons. The minimum atomic E-state index is -1.66. The molecule has 0 atom stereocenters. The van der Waals surface area contributed by atoms with E-state index in [1.54, 1.807) is 38.1 Å². The maximum absolute atomic E-state index is 12.6. The second-order valence-corrected chi connectivity index (χ2v) is 20.3. The zero-order valence-corrected chi connectivity index (χ0v) is 45.9. The molecule has 8 rings (SSSR count). The van der Waals surface area contributed by atoms with Crippen LogP contribution in [0.3, 0.4) is 0 Å². The predicted octanol–water partition coefficient (Wildman–Crippen LogP) is 7.87. The third-order valence-electron chi connectivity index (χ3n) is 14.6. The molecule has 6 aromatic carbocycles. The second-order valence-electron chi connectivity index (χ2n) is 20.3. The molecule has 6 N–H and O–H groups in total. The highest BCUT2D eigenvalue weighted by Crippen LogP contribution is 2.37. The van der Waals surface area contributed by atoms with Gasteiger partial charge in [-0.1, -0.05) is 141 Å². The fourth-order valence-electron chi connectivity index (χ4n) is 10.4. The normalized spacial score (nSPS) is 11.5. The van der Waals surface area contributed by atoms with Gasteiger partial charge in [0.15, 0.2) is 0 Å². The Kier molecular flexibility index (Phi) is 19.8. The summed E-state index contributed by atoms with van der Waals surface area (Å²) in [6.07, 6.45) is 5.56. The smallest absolute Gasteiger partial charge is 0.456 e. The Labute approximate surface area is 465 Å². The van der Waals surface area contributed by atoms with Crippen LogP contribution < -0.4 is 31.5 Å². The van der Waals surface area contributed by atoms with Gasteiger partial charge in [0.25, 0.3) is 0 Å². The van der Waals surface area contributed by atoms with E-state index < -0.39 is 14.2 Å². The van der Waals surface area contributed by atoms with Crippen LogP contribution in [0.4, 0.5) is 0 Å². The molecule has 0 fully saturated rings. The molecule has 0 saturated heterocycles. The van der Waals surface area contributed by atoms with Crippen molar-refractivity contribution in [3.63, 3.8) is 0 Å². The minimum absolute atomic E-state index is 0.198. The second kappa shape index (κ2) is 27.3. The number of nitrogens with one attached hydrogen (secondary N) is 2. The van der Waals surface area contributed by atoms with Gasteiger partial charge in [-0.25, -0.2) is 4.58 Å². The highest BCUT2D eigenvalue weighted by Gasteiger charge is 2.24. The average Bonchev–Trinajstić information content (AvgIpc) is 3.47. The Bertz CT molecular complexity index is 3530. The van der Waals surface area contributed by atoms with Gasteiger partial charge in [-0.2, -0.15) is 0 Å². The maximum atomic E-state index is 12.6. The summed E-state index contributed by atoms with van der Waals surface area (Å²) < 4.78 is 8.98. The fraction of sp³-hybridized carbons (Fsp3) is 0.246. The van der Waals surface area contributed by atoms with Gasteiger partial charge in [0.1, 0.15) is 24.6 Å². The molecular weight excluding hydrogens is 984 g/mol. The van der Waals surface area contributed by atoms with Gasteiger partial charge in [-0.15, -0.1) is 0 Å². The summed E-state index contributed by atoms with van der Waals surface area (Å²) in [6.45, 7) is 20.8. The van der Waals surface area contributed by atoms with Crippen LogP contribution in [0.25, 0.3) is 56.3 Å². The van der Waals surface area contributed by atoms with Crippen LogP contribution in [0.5, 0.6) is 0 Å². The largest absolute Gasteiger partial charge is 0.488 e. The molecular formula is C65H72B2N5O7+. The van der Waals surface area contributed by atoms with Crippen molar-refractivity contribution in [1.82, 2.24) is 25.0 Å². The number of nitrogens with zero attached hydrogens (tertiary/aromatic N) is 3. The van der Waals surface area contributed by atoms with Crippen LogP contribution in [0.15, 0.2) is 174 Å². The van der Waals surface area contributed by atoms with Crippen LogP contribution in [0.1, 0.15) is 73.9 Å². The number of fused-ring (bicyclic) bond motifs is 3. The van der Waals surface area contributed by atoms with E-state index in [4.69, 9.17) is 4.42 Å². The van der Waals surface area contributed by atoms with Crippen molar-refractivity contribution in [2.45, 2.75) is 66.7 Å². The molecule has 2 amide bonds. The van der Waals surface area contributed by atoms with Crippen LogP contribution in [-0.4, -0.2) is 95.2 Å². The Hall–Kier alpha value is -7.68. The Morgan fingerprint density at radius 2 is 1.08 bits per heavy atom. The molecule has 6 aromatic rings. The zero-order chi connectivity index (χ0) is 56.0. The average molecular weight is 1060 g/mol. The molecule has 1 aliphatic carbocycles. The van der Waals surface area contributed by atoms with Crippen molar-refractivity contribution in [2.24, 2.45) is 0 Å². The van der Waals surface area contributed by atoms with Gasteiger partial charge < -0.3 is 35.1 Å². The van der Waals surface area contributed by atoms with E-state index in [0.717, 1.165) is 96.0 Å². The number of carbonyl (C=O) groups is 2. The summed E-state index contributed by atoms with van der Waals surface area (Å²) in [6, 6.07) is 48.5. The fourth-order valence-corrected chi connectivity index (χ4v) is 10.4. The van der Waals surface area contributed by atoms with Crippen LogP contribution in [0.2, 0.25) is 0 Å². The van der Waals surface area contributed by atoms with Crippen LogP contribution in [0, 0.1) is 0 Å². The van der Waals surface area contributed by atoms with E-state index in [1.165, 1.54) is 0 Å². The molecule has 0 saturated carbocycles. The maximum Gasteiger partial charge on any atom is 0.488 e. The molecule has 404 valence electrons. The van der Waals surface area contributed by atoms with Gasteiger partial charge in [0, 0.05) is 80.7 Å². The van der Waals surface area contributed by atoms with Crippen molar-refractivity contribution < 1.29 is 34.1 Å². The van der Waals surface area contributed by atoms with Gasteiger partial charge in [0.05, 0.1) is 6.07 Å². The first-order valence-electron chi connectivity index (χ1n) is 27.3. The molecule has 0 bridgehead atoms. The van der Waals surface area contributed by atoms with E-state index in [0.29, 0.717) is 87.3 Å². The SMILES string of the molecule is C=C(C)C(=O)NCCCN(Cc1ccccc1B(O)O)Cc1c2ccccc2c(CN(CCCNC(=O)C(=C)C)Cc2ccccc2B(O)O)c2cc(/C=C/c3cc(-c4ccccc4)oc4cc(=[N+](CC)CC)ccc3-4)ccc12. The summed E-state index contributed by atoms with van der Waals surface area (Å²) in [4.78, 5) is 29.8. The molecule has 1 heterocycles. The predicted molar refractivity (Wildman–Crippen MR) is 323 cm³/mol. The first-order chi connectivity index (χ1) is 38.2. The first kappa shape index (κ1) is 57.5. The highest BCUT2D eigenvalue weighted by atomic mass is 16.4. The third-order valence-corrected chi connectivity index (χ3v) is 14.6. The van der Waals surface area contributed by atoms with Crippen molar-refractivity contribution in [2.75, 3.05) is 39.3 Å². The van der Waals surface area contributed by atoms with Crippen molar-refractivity contribution in [1.29, 1.82) is 0 Å². The van der Waals surface area contributed by atoms with E-state index in [-0.39, 0.29) is 11.8 Å². The zero-order valence-electron chi connectivity index (χ0n) is 45.9. The lowest BCUT2D eigenvalue weighted by Gasteiger charge is -2.28. The summed E-state index contributed by atoms with van der Waals surface area (Å²) in [7, 11) is -3.32. The van der Waals surface area contributed by atoms with Gasteiger partial charge in [-0.3, -0.25) is 19.4 Å².